The number of carbonyl (C=O) groups is 2. The molecule has 0 bridgehead atoms. The highest BCUT2D eigenvalue weighted by molar-refractivity contribution is 5.96. The summed E-state index contributed by atoms with van der Waals surface area (Å²) >= 11 is 0. The van der Waals surface area contributed by atoms with Gasteiger partial charge in [0.15, 0.2) is 5.92 Å². The SMILES string of the molecule is CCOC(=O)C(C(=O)OCC)C(Cc1ccccc1)c1ccc(-c2ccc(OC)cc2)cc1. The monoisotopic (exact) mass is 446 g/mol. The van der Waals surface area contributed by atoms with E-state index < -0.39 is 23.8 Å². The highest BCUT2D eigenvalue weighted by atomic mass is 16.6. The van der Waals surface area contributed by atoms with E-state index >= 15 is 0 Å². The van der Waals surface area contributed by atoms with Crippen molar-refractivity contribution in [2.75, 3.05) is 20.3 Å². The van der Waals surface area contributed by atoms with Crippen LogP contribution in [0.5, 0.6) is 5.75 Å². The molecule has 0 aromatic heterocycles. The molecule has 3 rings (SSSR count). The highest BCUT2D eigenvalue weighted by Crippen LogP contribution is 2.33. The summed E-state index contributed by atoms with van der Waals surface area (Å²) in [6, 6.07) is 25.6. The molecule has 0 spiro atoms. The van der Waals surface area contributed by atoms with E-state index in [1.165, 1.54) is 0 Å². The predicted octanol–water partition coefficient (Wildman–Crippen LogP) is 5.43. The van der Waals surface area contributed by atoms with E-state index in [4.69, 9.17) is 14.2 Å². The van der Waals surface area contributed by atoms with Crippen LogP contribution in [0.2, 0.25) is 0 Å². The number of benzene rings is 3. The molecular weight excluding hydrogens is 416 g/mol. The third-order valence-corrected chi connectivity index (χ3v) is 5.54. The van der Waals surface area contributed by atoms with Crippen molar-refractivity contribution in [2.24, 2.45) is 5.92 Å². The zero-order valence-corrected chi connectivity index (χ0v) is 19.3. The molecule has 0 aliphatic heterocycles. The first-order chi connectivity index (χ1) is 16.1. The van der Waals surface area contributed by atoms with Gasteiger partial charge in [0.05, 0.1) is 20.3 Å². The summed E-state index contributed by atoms with van der Waals surface area (Å²) in [5, 5.41) is 0. The van der Waals surface area contributed by atoms with E-state index in [9.17, 15) is 9.59 Å². The predicted molar refractivity (Wildman–Crippen MR) is 128 cm³/mol. The van der Waals surface area contributed by atoms with Crippen molar-refractivity contribution in [3.8, 4) is 16.9 Å². The van der Waals surface area contributed by atoms with Crippen LogP contribution in [0.15, 0.2) is 78.9 Å². The maximum atomic E-state index is 12.9. The van der Waals surface area contributed by atoms with E-state index in [0.717, 1.165) is 28.0 Å². The van der Waals surface area contributed by atoms with Gasteiger partial charge in [-0.3, -0.25) is 9.59 Å². The minimum absolute atomic E-state index is 0.198. The van der Waals surface area contributed by atoms with Gasteiger partial charge < -0.3 is 14.2 Å². The molecule has 5 nitrogen and oxygen atoms in total. The second kappa shape index (κ2) is 11.9. The Morgan fingerprint density at radius 2 is 1.24 bits per heavy atom. The van der Waals surface area contributed by atoms with Gasteiger partial charge in [-0.2, -0.15) is 0 Å². The molecule has 0 heterocycles. The summed E-state index contributed by atoms with van der Waals surface area (Å²) in [6.07, 6.45) is 0.505. The van der Waals surface area contributed by atoms with Crippen LogP contribution in [-0.4, -0.2) is 32.3 Å². The van der Waals surface area contributed by atoms with Crippen molar-refractivity contribution in [2.45, 2.75) is 26.2 Å². The van der Waals surface area contributed by atoms with Crippen LogP contribution in [0.4, 0.5) is 0 Å². The van der Waals surface area contributed by atoms with Crippen LogP contribution in [0.1, 0.15) is 30.9 Å². The molecule has 1 unspecified atom stereocenters. The Kier molecular flexibility index (Phi) is 8.64. The fourth-order valence-electron chi connectivity index (χ4n) is 3.89. The summed E-state index contributed by atoms with van der Waals surface area (Å²) < 4.78 is 15.8. The first-order valence-electron chi connectivity index (χ1n) is 11.2. The highest BCUT2D eigenvalue weighted by Gasteiger charge is 2.38. The van der Waals surface area contributed by atoms with Crippen molar-refractivity contribution < 1.29 is 23.8 Å². The van der Waals surface area contributed by atoms with Crippen molar-refractivity contribution in [3.05, 3.63) is 90.0 Å². The minimum atomic E-state index is -1.04. The fraction of sp³-hybridized carbons (Fsp3) is 0.286. The number of carbonyl (C=O) groups excluding carboxylic acids is 2. The zero-order valence-electron chi connectivity index (χ0n) is 19.3. The number of methoxy groups -OCH3 is 1. The summed E-state index contributed by atoms with van der Waals surface area (Å²) in [5.74, 6) is -1.79. The molecule has 172 valence electrons. The maximum absolute atomic E-state index is 12.9. The standard InChI is InChI=1S/C28H30O5/c1-4-32-27(29)26(28(30)33-5-2)25(19-20-9-7-6-8-10-20)23-13-11-21(12-14-23)22-15-17-24(31-3)18-16-22/h6-18,25-26H,4-5,19H2,1-3H3. The molecule has 0 N–H and O–H groups in total. The third kappa shape index (κ3) is 6.22. The smallest absolute Gasteiger partial charge is 0.320 e. The van der Waals surface area contributed by atoms with Gasteiger partial charge in [-0.25, -0.2) is 0 Å². The van der Waals surface area contributed by atoms with E-state index in [1.807, 2.05) is 78.9 Å². The summed E-state index contributed by atoms with van der Waals surface area (Å²) in [6.45, 7) is 3.86. The Balaban J connectivity index is 1.98. The van der Waals surface area contributed by atoms with Crippen LogP contribution in [0.3, 0.4) is 0 Å². The van der Waals surface area contributed by atoms with Gasteiger partial charge >= 0.3 is 11.9 Å². The van der Waals surface area contributed by atoms with Gasteiger partial charge in [-0.15, -0.1) is 0 Å². The Labute approximate surface area is 195 Å². The first kappa shape index (κ1) is 24.1. The van der Waals surface area contributed by atoms with Gasteiger partial charge in [0.1, 0.15) is 5.75 Å². The van der Waals surface area contributed by atoms with Crippen LogP contribution in [-0.2, 0) is 25.5 Å². The van der Waals surface area contributed by atoms with Gasteiger partial charge in [0.25, 0.3) is 0 Å². The molecule has 0 fully saturated rings. The van der Waals surface area contributed by atoms with Gasteiger partial charge in [-0.05, 0) is 54.7 Å². The summed E-state index contributed by atoms with van der Waals surface area (Å²) in [4.78, 5) is 25.8. The Morgan fingerprint density at radius 1 is 0.727 bits per heavy atom. The van der Waals surface area contributed by atoms with E-state index in [1.54, 1.807) is 21.0 Å². The quantitative estimate of drug-likeness (QED) is 0.307. The lowest BCUT2D eigenvalue weighted by Gasteiger charge is -2.25. The molecule has 0 saturated carbocycles. The van der Waals surface area contributed by atoms with Crippen molar-refractivity contribution in [1.82, 2.24) is 0 Å². The third-order valence-electron chi connectivity index (χ3n) is 5.54. The maximum Gasteiger partial charge on any atom is 0.320 e. The number of hydrogen-bond acceptors (Lipinski definition) is 5. The average molecular weight is 447 g/mol. The number of esters is 2. The Hall–Kier alpha value is -3.60. The molecule has 0 saturated heterocycles. The van der Waals surface area contributed by atoms with Crippen molar-refractivity contribution in [3.63, 3.8) is 0 Å². The molecule has 1 atom stereocenters. The fourth-order valence-corrected chi connectivity index (χ4v) is 3.89. The van der Waals surface area contributed by atoms with Crippen LogP contribution < -0.4 is 4.74 Å². The van der Waals surface area contributed by atoms with Gasteiger partial charge in [0.2, 0.25) is 0 Å². The largest absolute Gasteiger partial charge is 0.497 e. The second-order valence-corrected chi connectivity index (χ2v) is 7.63. The first-order valence-corrected chi connectivity index (χ1v) is 11.2. The Bertz CT molecular complexity index is 1010. The summed E-state index contributed by atoms with van der Waals surface area (Å²) in [7, 11) is 1.64. The molecule has 0 aliphatic carbocycles. The number of rotatable bonds is 10. The topological polar surface area (TPSA) is 61.8 Å². The van der Waals surface area contributed by atoms with Crippen LogP contribution >= 0.6 is 0 Å². The second-order valence-electron chi connectivity index (χ2n) is 7.63. The lowest BCUT2D eigenvalue weighted by Crippen LogP contribution is -2.34. The zero-order chi connectivity index (χ0) is 23.6. The molecular formula is C28H30O5. The molecule has 0 amide bonds. The lowest BCUT2D eigenvalue weighted by molar-refractivity contribution is -0.162. The van der Waals surface area contributed by atoms with Crippen LogP contribution in [0.25, 0.3) is 11.1 Å². The molecule has 3 aromatic carbocycles. The lowest BCUT2D eigenvalue weighted by atomic mass is 9.81. The van der Waals surface area contributed by atoms with E-state index in [-0.39, 0.29) is 13.2 Å². The molecule has 33 heavy (non-hydrogen) atoms. The average Bonchev–Trinajstić information content (AvgIpc) is 2.85. The minimum Gasteiger partial charge on any atom is -0.497 e. The molecule has 5 heteroatoms. The van der Waals surface area contributed by atoms with Crippen LogP contribution in [0, 0.1) is 5.92 Å². The van der Waals surface area contributed by atoms with Crippen molar-refractivity contribution in [1.29, 1.82) is 0 Å². The molecule has 0 aliphatic rings. The van der Waals surface area contributed by atoms with Gasteiger partial charge in [0, 0.05) is 5.92 Å². The number of hydrogen-bond donors (Lipinski definition) is 0. The van der Waals surface area contributed by atoms with Crippen molar-refractivity contribution >= 4 is 11.9 Å². The molecule has 3 aromatic rings. The van der Waals surface area contributed by atoms with E-state index in [2.05, 4.69) is 0 Å². The van der Waals surface area contributed by atoms with E-state index in [0.29, 0.717) is 6.42 Å². The Morgan fingerprint density at radius 3 is 1.73 bits per heavy atom. The molecule has 0 radical (unpaired) electrons. The normalized spacial score (nSPS) is 11.6. The summed E-state index contributed by atoms with van der Waals surface area (Å²) in [5.41, 5.74) is 3.99. The number of ether oxygens (including phenoxy) is 3. The van der Waals surface area contributed by atoms with Gasteiger partial charge in [-0.1, -0.05) is 66.7 Å².